The lowest BCUT2D eigenvalue weighted by atomic mass is 9.77. The van der Waals surface area contributed by atoms with Crippen molar-refractivity contribution in [3.05, 3.63) is 70.3 Å². The molecule has 2 aliphatic rings. The fraction of sp³-hybridized carbons (Fsp3) is 0.556. The number of hydrogen-bond donors (Lipinski definition) is 0. The molecule has 4 rings (SSSR count). The zero-order valence-electron chi connectivity index (χ0n) is 18.3. The highest BCUT2D eigenvalue weighted by atomic mass is 19.2. The number of hydrogen-bond acceptors (Lipinski definition) is 1. The Balaban J connectivity index is 1.34. The van der Waals surface area contributed by atoms with Crippen molar-refractivity contribution in [2.75, 3.05) is 6.61 Å². The van der Waals surface area contributed by atoms with Gasteiger partial charge in [-0.3, -0.25) is 0 Å². The van der Waals surface area contributed by atoms with Crippen LogP contribution in [-0.2, 0) is 4.74 Å². The zero-order chi connectivity index (χ0) is 21.1. The summed E-state index contributed by atoms with van der Waals surface area (Å²) < 4.78 is 34.3. The quantitative estimate of drug-likeness (QED) is 0.484. The maximum Gasteiger partial charge on any atom is 0.162 e. The summed E-state index contributed by atoms with van der Waals surface area (Å²) in [4.78, 5) is 0. The van der Waals surface area contributed by atoms with Crippen LogP contribution in [0.1, 0.15) is 98.5 Å². The molecule has 2 aromatic carbocycles. The van der Waals surface area contributed by atoms with Crippen molar-refractivity contribution in [3.63, 3.8) is 0 Å². The molecule has 162 valence electrons. The Morgan fingerprint density at radius 3 is 2.10 bits per heavy atom. The highest BCUT2D eigenvalue weighted by Crippen LogP contribution is 2.40. The molecule has 1 aliphatic carbocycles. The Kier molecular flexibility index (Phi) is 6.87. The summed E-state index contributed by atoms with van der Waals surface area (Å²) in [6, 6.07) is 12.4. The number of aryl methyl sites for hydroxylation is 1. The second-order valence-corrected chi connectivity index (χ2v) is 9.37. The second-order valence-electron chi connectivity index (χ2n) is 9.37. The molecule has 0 spiro atoms. The van der Waals surface area contributed by atoms with Gasteiger partial charge < -0.3 is 4.74 Å². The van der Waals surface area contributed by atoms with Gasteiger partial charge in [0, 0.05) is 5.92 Å². The molecule has 3 heteroatoms. The number of ether oxygens (including phenoxy) is 1. The summed E-state index contributed by atoms with van der Waals surface area (Å²) in [6.45, 7) is 4.32. The molecule has 0 radical (unpaired) electrons. The van der Waals surface area contributed by atoms with E-state index in [9.17, 15) is 8.78 Å². The molecule has 1 saturated carbocycles. The average molecular weight is 413 g/mol. The molecule has 1 aliphatic heterocycles. The number of benzene rings is 2. The van der Waals surface area contributed by atoms with Crippen LogP contribution in [-0.4, -0.2) is 6.61 Å². The van der Waals surface area contributed by atoms with E-state index in [0.29, 0.717) is 23.7 Å². The van der Waals surface area contributed by atoms with Crippen LogP contribution in [0.15, 0.2) is 36.4 Å². The molecule has 2 aromatic rings. The van der Waals surface area contributed by atoms with E-state index in [-0.39, 0.29) is 12.0 Å². The van der Waals surface area contributed by atoms with Crippen LogP contribution in [0.2, 0.25) is 0 Å². The molecule has 2 atom stereocenters. The van der Waals surface area contributed by atoms with Crippen molar-refractivity contribution in [1.82, 2.24) is 0 Å². The van der Waals surface area contributed by atoms with Crippen LogP contribution in [0.4, 0.5) is 8.78 Å². The van der Waals surface area contributed by atoms with E-state index in [1.54, 1.807) is 19.1 Å². The summed E-state index contributed by atoms with van der Waals surface area (Å²) in [6.07, 6.45) is 9.73. The van der Waals surface area contributed by atoms with Crippen molar-refractivity contribution in [1.29, 1.82) is 0 Å². The monoisotopic (exact) mass is 412 g/mol. The van der Waals surface area contributed by atoms with Gasteiger partial charge in [0.2, 0.25) is 0 Å². The topological polar surface area (TPSA) is 9.23 Å². The Labute approximate surface area is 179 Å². The van der Waals surface area contributed by atoms with Gasteiger partial charge in [-0.25, -0.2) is 8.78 Å². The minimum absolute atomic E-state index is 0.0500. The Bertz CT molecular complexity index is 829. The van der Waals surface area contributed by atoms with E-state index in [1.807, 2.05) is 0 Å². The largest absolute Gasteiger partial charge is 0.373 e. The van der Waals surface area contributed by atoms with E-state index in [0.717, 1.165) is 18.8 Å². The zero-order valence-corrected chi connectivity index (χ0v) is 18.3. The molecule has 1 nitrogen and oxygen atoms in total. The SMILES string of the molecule is CCCC1CCC(c2ccc(C3CCC(c4ccc(C)c(F)c4F)CO3)cc2)CC1. The van der Waals surface area contributed by atoms with Gasteiger partial charge in [0.1, 0.15) is 0 Å². The summed E-state index contributed by atoms with van der Waals surface area (Å²) in [5, 5.41) is 0. The Hall–Kier alpha value is -1.74. The molecular weight excluding hydrogens is 378 g/mol. The van der Waals surface area contributed by atoms with Gasteiger partial charge in [-0.15, -0.1) is 0 Å². The number of halogens is 2. The Morgan fingerprint density at radius 2 is 1.47 bits per heavy atom. The summed E-state index contributed by atoms with van der Waals surface area (Å²) in [5.41, 5.74) is 3.46. The fourth-order valence-electron chi connectivity index (χ4n) is 5.41. The normalized spacial score (nSPS) is 27.2. The van der Waals surface area contributed by atoms with Gasteiger partial charge in [0.05, 0.1) is 12.7 Å². The molecule has 0 amide bonds. The minimum atomic E-state index is -0.728. The van der Waals surface area contributed by atoms with Crippen LogP contribution >= 0.6 is 0 Å². The smallest absolute Gasteiger partial charge is 0.162 e. The molecule has 1 heterocycles. The Morgan fingerprint density at radius 1 is 0.800 bits per heavy atom. The highest BCUT2D eigenvalue weighted by molar-refractivity contribution is 5.30. The molecule has 0 N–H and O–H groups in total. The molecule has 30 heavy (non-hydrogen) atoms. The van der Waals surface area contributed by atoms with E-state index in [1.165, 1.54) is 49.7 Å². The van der Waals surface area contributed by atoms with Crippen molar-refractivity contribution in [3.8, 4) is 0 Å². The van der Waals surface area contributed by atoms with E-state index in [4.69, 9.17) is 4.74 Å². The maximum atomic E-state index is 14.3. The summed E-state index contributed by atoms with van der Waals surface area (Å²) >= 11 is 0. The molecule has 0 aromatic heterocycles. The predicted octanol–water partition coefficient (Wildman–Crippen LogP) is 7.98. The van der Waals surface area contributed by atoms with Crippen molar-refractivity contribution in [2.45, 2.75) is 83.2 Å². The minimum Gasteiger partial charge on any atom is -0.373 e. The lowest BCUT2D eigenvalue weighted by Gasteiger charge is -2.31. The molecule has 0 bridgehead atoms. The van der Waals surface area contributed by atoms with Crippen LogP contribution < -0.4 is 0 Å². The van der Waals surface area contributed by atoms with Crippen LogP contribution in [0.3, 0.4) is 0 Å². The van der Waals surface area contributed by atoms with Crippen LogP contribution in [0.5, 0.6) is 0 Å². The lowest BCUT2D eigenvalue weighted by Crippen LogP contribution is -2.20. The predicted molar refractivity (Wildman–Crippen MR) is 118 cm³/mol. The molecular formula is C27H34F2O. The first kappa shape index (κ1) is 21.5. The van der Waals surface area contributed by atoms with Gasteiger partial charge in [0.15, 0.2) is 11.6 Å². The van der Waals surface area contributed by atoms with Gasteiger partial charge in [0.25, 0.3) is 0 Å². The lowest BCUT2D eigenvalue weighted by molar-refractivity contribution is 0.00161. The van der Waals surface area contributed by atoms with Crippen molar-refractivity contribution < 1.29 is 13.5 Å². The summed E-state index contributed by atoms with van der Waals surface area (Å²) in [7, 11) is 0. The first-order chi connectivity index (χ1) is 14.6. The number of rotatable bonds is 5. The fourth-order valence-corrected chi connectivity index (χ4v) is 5.41. The first-order valence-electron chi connectivity index (χ1n) is 11.7. The molecule has 2 fully saturated rings. The third-order valence-corrected chi connectivity index (χ3v) is 7.34. The standard InChI is InChI=1S/C27H34F2O/c1-3-4-19-6-8-20(9-7-19)21-10-12-22(13-11-21)25-16-14-23(17-30-25)24-15-5-18(2)26(28)27(24)29/h5,10-13,15,19-20,23,25H,3-4,6-9,14,16-17H2,1-2H3. The average Bonchev–Trinajstić information content (AvgIpc) is 2.79. The van der Waals surface area contributed by atoms with Gasteiger partial charge in [-0.1, -0.05) is 56.2 Å². The first-order valence-corrected chi connectivity index (χ1v) is 11.7. The van der Waals surface area contributed by atoms with E-state index < -0.39 is 11.6 Å². The van der Waals surface area contributed by atoms with E-state index in [2.05, 4.69) is 31.2 Å². The van der Waals surface area contributed by atoms with Gasteiger partial charge in [-0.05, 0) is 79.5 Å². The van der Waals surface area contributed by atoms with Gasteiger partial charge in [-0.2, -0.15) is 0 Å². The van der Waals surface area contributed by atoms with Crippen molar-refractivity contribution >= 4 is 0 Å². The van der Waals surface area contributed by atoms with Crippen LogP contribution in [0.25, 0.3) is 0 Å². The third-order valence-electron chi connectivity index (χ3n) is 7.34. The maximum absolute atomic E-state index is 14.3. The third kappa shape index (κ3) is 4.61. The highest BCUT2D eigenvalue weighted by Gasteiger charge is 2.28. The molecule has 2 unspecified atom stereocenters. The van der Waals surface area contributed by atoms with E-state index >= 15 is 0 Å². The van der Waals surface area contributed by atoms with Crippen molar-refractivity contribution in [2.24, 2.45) is 5.92 Å². The second kappa shape index (κ2) is 9.60. The molecule has 1 saturated heterocycles. The van der Waals surface area contributed by atoms with Gasteiger partial charge >= 0.3 is 0 Å². The van der Waals surface area contributed by atoms with Crippen LogP contribution in [0, 0.1) is 24.5 Å². The summed E-state index contributed by atoms with van der Waals surface area (Å²) in [5.74, 6) is 0.118.